The highest BCUT2D eigenvalue weighted by Gasteiger charge is 2.35. The van der Waals surface area contributed by atoms with Crippen molar-refractivity contribution in [1.82, 2.24) is 25.0 Å². The molecule has 1 atom stereocenters. The Kier molecular flexibility index (Phi) is 4.26. The number of nitrogens with zero attached hydrogens (tertiary/aromatic N) is 4. The van der Waals surface area contributed by atoms with Crippen LogP contribution in [-0.2, 0) is 0 Å². The number of amides is 1. The lowest BCUT2D eigenvalue weighted by molar-refractivity contribution is 0.0927. The summed E-state index contributed by atoms with van der Waals surface area (Å²) in [7, 11) is 0. The molecule has 1 amide bonds. The predicted molar refractivity (Wildman–Crippen MR) is 105 cm³/mol. The molecule has 27 heavy (non-hydrogen) atoms. The van der Waals surface area contributed by atoms with Crippen molar-refractivity contribution in [2.75, 3.05) is 13.1 Å². The fourth-order valence-electron chi connectivity index (χ4n) is 3.65. The van der Waals surface area contributed by atoms with Gasteiger partial charge in [0.2, 0.25) is 5.82 Å². The van der Waals surface area contributed by atoms with E-state index in [0.29, 0.717) is 5.82 Å². The molecule has 2 fully saturated rings. The van der Waals surface area contributed by atoms with Crippen LogP contribution in [0, 0.1) is 0 Å². The minimum atomic E-state index is -0.190. The van der Waals surface area contributed by atoms with Gasteiger partial charge in [-0.15, -0.1) is 16.4 Å². The zero-order valence-corrected chi connectivity index (χ0v) is 15.7. The molecule has 2 aromatic heterocycles. The van der Waals surface area contributed by atoms with Crippen molar-refractivity contribution in [3.8, 4) is 16.4 Å². The number of hydrogen-bond donors (Lipinski definition) is 1. The van der Waals surface area contributed by atoms with Crippen molar-refractivity contribution in [3.05, 3.63) is 53.7 Å². The van der Waals surface area contributed by atoms with Gasteiger partial charge in [-0.05, 0) is 42.8 Å². The number of carbonyl (C=O) groups is 1. The molecule has 138 valence electrons. The predicted octanol–water partition coefficient (Wildman–Crippen LogP) is 2.96. The zero-order chi connectivity index (χ0) is 18.2. The highest BCUT2D eigenvalue weighted by molar-refractivity contribution is 7.13. The third kappa shape index (κ3) is 3.40. The van der Waals surface area contributed by atoms with Crippen molar-refractivity contribution < 1.29 is 4.79 Å². The number of thiophene rings is 1. The van der Waals surface area contributed by atoms with Gasteiger partial charge in [0.1, 0.15) is 0 Å². The molecule has 1 unspecified atom stereocenters. The Morgan fingerprint density at radius 3 is 2.70 bits per heavy atom. The number of benzene rings is 1. The van der Waals surface area contributed by atoms with Crippen LogP contribution in [0.3, 0.4) is 0 Å². The van der Waals surface area contributed by atoms with Gasteiger partial charge in [0.25, 0.3) is 5.91 Å². The molecule has 2 aliphatic rings. The van der Waals surface area contributed by atoms with E-state index in [1.807, 2.05) is 47.8 Å². The van der Waals surface area contributed by atoms with Crippen LogP contribution in [0.15, 0.2) is 47.8 Å². The van der Waals surface area contributed by atoms with Crippen molar-refractivity contribution >= 4 is 17.2 Å². The Hall–Kier alpha value is -2.51. The van der Waals surface area contributed by atoms with Gasteiger partial charge in [0.15, 0.2) is 5.82 Å². The number of rotatable bonds is 5. The second kappa shape index (κ2) is 6.90. The number of nitrogens with one attached hydrogen (secondary N) is 1. The Morgan fingerprint density at radius 2 is 1.96 bits per heavy atom. The van der Waals surface area contributed by atoms with E-state index in [9.17, 15) is 4.79 Å². The van der Waals surface area contributed by atoms with E-state index in [1.54, 1.807) is 16.0 Å². The molecule has 1 saturated carbocycles. The summed E-state index contributed by atoms with van der Waals surface area (Å²) < 4.78 is 1.76. The number of para-hydroxylation sites is 1. The molecule has 3 heterocycles. The van der Waals surface area contributed by atoms with Crippen LogP contribution in [0.25, 0.3) is 16.4 Å². The SMILES string of the molecule is O=C(NC1CCN(C2CC2)C1)c1nc(-c2cccs2)n(-c2ccccc2)n1. The first-order chi connectivity index (χ1) is 13.3. The number of likely N-dealkylation sites (tertiary alicyclic amines) is 1. The van der Waals surface area contributed by atoms with Gasteiger partial charge in [-0.25, -0.2) is 9.67 Å². The third-order valence-corrected chi connectivity index (χ3v) is 6.04. The number of carbonyl (C=O) groups excluding carboxylic acids is 1. The highest BCUT2D eigenvalue weighted by atomic mass is 32.1. The number of hydrogen-bond acceptors (Lipinski definition) is 5. The largest absolute Gasteiger partial charge is 0.345 e. The smallest absolute Gasteiger partial charge is 0.291 e. The Labute approximate surface area is 161 Å². The summed E-state index contributed by atoms with van der Waals surface area (Å²) >= 11 is 1.59. The second-order valence-corrected chi connectivity index (χ2v) is 8.12. The minimum Gasteiger partial charge on any atom is -0.345 e. The van der Waals surface area contributed by atoms with Crippen LogP contribution in [0.1, 0.15) is 29.9 Å². The van der Waals surface area contributed by atoms with Crippen molar-refractivity contribution in [3.63, 3.8) is 0 Å². The average Bonchev–Trinajstić information content (AvgIpc) is 3.11. The summed E-state index contributed by atoms with van der Waals surface area (Å²) in [4.78, 5) is 20.8. The maximum Gasteiger partial charge on any atom is 0.291 e. The lowest BCUT2D eigenvalue weighted by Gasteiger charge is -2.14. The zero-order valence-electron chi connectivity index (χ0n) is 14.9. The van der Waals surface area contributed by atoms with Crippen LogP contribution >= 0.6 is 11.3 Å². The molecule has 7 heteroatoms. The summed E-state index contributed by atoms with van der Waals surface area (Å²) in [6.07, 6.45) is 3.60. The minimum absolute atomic E-state index is 0.187. The highest BCUT2D eigenvalue weighted by Crippen LogP contribution is 2.30. The van der Waals surface area contributed by atoms with Crippen molar-refractivity contribution in [2.45, 2.75) is 31.3 Å². The quantitative estimate of drug-likeness (QED) is 0.740. The normalized spacial score (nSPS) is 20.1. The molecule has 5 rings (SSSR count). The van der Waals surface area contributed by atoms with Gasteiger partial charge >= 0.3 is 0 Å². The maximum absolute atomic E-state index is 12.8. The van der Waals surface area contributed by atoms with E-state index in [4.69, 9.17) is 0 Å². The maximum atomic E-state index is 12.8. The molecule has 1 aromatic carbocycles. The molecule has 1 N–H and O–H groups in total. The van der Waals surface area contributed by atoms with E-state index in [0.717, 1.165) is 36.1 Å². The Balaban J connectivity index is 1.40. The van der Waals surface area contributed by atoms with Crippen molar-refractivity contribution in [1.29, 1.82) is 0 Å². The van der Waals surface area contributed by atoms with Gasteiger partial charge in [-0.3, -0.25) is 9.69 Å². The standard InChI is InChI=1S/C20H21N5OS/c26-20(21-14-10-11-24(13-14)15-8-9-15)18-22-19(17-7-4-12-27-17)25(23-18)16-5-2-1-3-6-16/h1-7,12,14-15H,8-11,13H2,(H,21,26). The van der Waals surface area contributed by atoms with Gasteiger partial charge < -0.3 is 5.32 Å². The molecule has 1 aliphatic heterocycles. The monoisotopic (exact) mass is 379 g/mol. The van der Waals surface area contributed by atoms with Crippen molar-refractivity contribution in [2.24, 2.45) is 0 Å². The van der Waals surface area contributed by atoms with Crippen LogP contribution in [0.2, 0.25) is 0 Å². The summed E-state index contributed by atoms with van der Waals surface area (Å²) in [6.45, 7) is 2.01. The third-order valence-electron chi connectivity index (χ3n) is 5.17. The van der Waals surface area contributed by atoms with Crippen LogP contribution in [-0.4, -0.2) is 50.7 Å². The number of aromatic nitrogens is 3. The molecule has 0 spiro atoms. The first-order valence-electron chi connectivity index (χ1n) is 9.39. The Bertz CT molecular complexity index is 933. The molecular formula is C20H21N5OS. The van der Waals surface area contributed by atoms with E-state index in [2.05, 4.69) is 20.3 Å². The summed E-state index contributed by atoms with van der Waals surface area (Å²) in [5.41, 5.74) is 0.897. The lowest BCUT2D eigenvalue weighted by atomic mass is 10.2. The first-order valence-corrected chi connectivity index (χ1v) is 10.3. The first kappa shape index (κ1) is 16.6. The van der Waals surface area contributed by atoms with E-state index in [-0.39, 0.29) is 17.8 Å². The van der Waals surface area contributed by atoms with E-state index in [1.165, 1.54) is 12.8 Å². The van der Waals surface area contributed by atoms with Crippen LogP contribution in [0.4, 0.5) is 0 Å². The molecule has 3 aromatic rings. The summed E-state index contributed by atoms with van der Waals surface area (Å²) in [5.74, 6) is 0.740. The second-order valence-electron chi connectivity index (χ2n) is 7.17. The topological polar surface area (TPSA) is 63.1 Å². The van der Waals surface area contributed by atoms with Gasteiger partial charge in [-0.2, -0.15) is 0 Å². The fourth-order valence-corrected chi connectivity index (χ4v) is 4.35. The molecule has 6 nitrogen and oxygen atoms in total. The summed E-state index contributed by atoms with van der Waals surface area (Å²) in [5, 5.41) is 9.67. The van der Waals surface area contributed by atoms with E-state index < -0.39 is 0 Å². The van der Waals surface area contributed by atoms with Crippen LogP contribution < -0.4 is 5.32 Å². The molecule has 0 bridgehead atoms. The van der Waals surface area contributed by atoms with Gasteiger partial charge in [0.05, 0.1) is 10.6 Å². The van der Waals surface area contributed by atoms with Gasteiger partial charge in [-0.1, -0.05) is 24.3 Å². The average molecular weight is 379 g/mol. The molecule has 1 aliphatic carbocycles. The van der Waals surface area contributed by atoms with E-state index >= 15 is 0 Å². The molecular weight excluding hydrogens is 358 g/mol. The lowest BCUT2D eigenvalue weighted by Crippen LogP contribution is -2.38. The molecule has 0 radical (unpaired) electrons. The van der Waals surface area contributed by atoms with Gasteiger partial charge in [0, 0.05) is 25.2 Å². The summed E-state index contributed by atoms with van der Waals surface area (Å²) in [6, 6.07) is 14.7. The Morgan fingerprint density at radius 1 is 1.11 bits per heavy atom. The fraction of sp³-hybridized carbons (Fsp3) is 0.350. The van der Waals surface area contributed by atoms with Crippen LogP contribution in [0.5, 0.6) is 0 Å². The molecule has 1 saturated heterocycles.